The van der Waals surface area contributed by atoms with E-state index in [1.807, 2.05) is 66.7 Å². The van der Waals surface area contributed by atoms with Gasteiger partial charge in [0.2, 0.25) is 5.90 Å². The largest absolute Gasteiger partial charge is 0.489 e. The third-order valence-electron chi connectivity index (χ3n) is 4.19. The minimum absolute atomic E-state index is 0.274. The van der Waals surface area contributed by atoms with Gasteiger partial charge in [0.1, 0.15) is 12.4 Å². The monoisotopic (exact) mass is 559 g/mol. The fourth-order valence-electron chi connectivity index (χ4n) is 2.74. The van der Waals surface area contributed by atoms with Crippen molar-refractivity contribution < 1.29 is 14.3 Å². The maximum Gasteiger partial charge on any atom is 0.363 e. The molecule has 1 aliphatic rings. The Balaban J connectivity index is 1.45. The van der Waals surface area contributed by atoms with Crippen molar-refractivity contribution in [2.75, 3.05) is 0 Å². The van der Waals surface area contributed by atoms with Crippen LogP contribution in [-0.2, 0) is 16.1 Å². The van der Waals surface area contributed by atoms with Gasteiger partial charge in [0.05, 0.1) is 0 Å². The van der Waals surface area contributed by atoms with E-state index in [1.165, 1.54) is 3.57 Å². The van der Waals surface area contributed by atoms with Crippen molar-refractivity contribution in [1.82, 2.24) is 0 Å². The van der Waals surface area contributed by atoms with Crippen LogP contribution in [0.1, 0.15) is 16.7 Å². The van der Waals surface area contributed by atoms with E-state index in [1.54, 1.807) is 6.08 Å². The number of hydrogen-bond donors (Lipinski definition) is 0. The molecule has 0 radical (unpaired) electrons. The van der Waals surface area contributed by atoms with Gasteiger partial charge in [-0.25, -0.2) is 9.79 Å². The van der Waals surface area contributed by atoms with Crippen molar-refractivity contribution >= 4 is 56.5 Å². The van der Waals surface area contributed by atoms with Crippen molar-refractivity contribution in [3.05, 3.63) is 103 Å². The van der Waals surface area contributed by atoms with Gasteiger partial charge in [0.25, 0.3) is 0 Å². The Bertz CT molecular complexity index is 1110. The lowest BCUT2D eigenvalue weighted by molar-refractivity contribution is -0.129. The summed E-state index contributed by atoms with van der Waals surface area (Å²) >= 11 is 5.67. The Morgan fingerprint density at radius 2 is 1.79 bits per heavy atom. The molecule has 1 heterocycles. The van der Waals surface area contributed by atoms with E-state index in [0.717, 1.165) is 26.9 Å². The van der Waals surface area contributed by atoms with Crippen LogP contribution in [0.2, 0.25) is 0 Å². The van der Waals surface area contributed by atoms with Gasteiger partial charge < -0.3 is 9.47 Å². The number of esters is 1. The zero-order chi connectivity index (χ0) is 20.2. The zero-order valence-electron chi connectivity index (χ0n) is 15.1. The van der Waals surface area contributed by atoms with Crippen molar-refractivity contribution in [3.63, 3.8) is 0 Å². The van der Waals surface area contributed by atoms with E-state index in [-0.39, 0.29) is 5.70 Å². The fraction of sp³-hybridized carbons (Fsp3) is 0.0435. The van der Waals surface area contributed by atoms with Gasteiger partial charge >= 0.3 is 5.97 Å². The Labute approximate surface area is 190 Å². The summed E-state index contributed by atoms with van der Waals surface area (Å²) in [6.45, 7) is 0.504. The lowest BCUT2D eigenvalue weighted by Crippen LogP contribution is -2.05. The van der Waals surface area contributed by atoms with Crippen LogP contribution in [0.5, 0.6) is 5.75 Å². The SMILES string of the molecule is O=C1OC(c2ccc(Br)cc2)=N/C1=C\c1ccc(OCc2cccc(I)c2)cc1. The third kappa shape index (κ3) is 5.13. The number of nitrogens with zero attached hydrogens (tertiary/aromatic N) is 1. The first-order valence-corrected chi connectivity index (χ1v) is 10.7. The predicted octanol–water partition coefficient (Wildman–Crippen LogP) is 5.98. The number of hydrogen-bond acceptors (Lipinski definition) is 4. The first-order valence-electron chi connectivity index (χ1n) is 8.83. The van der Waals surface area contributed by atoms with E-state index in [9.17, 15) is 4.79 Å². The Hall–Kier alpha value is -2.45. The molecule has 6 heteroatoms. The molecule has 0 unspecified atom stereocenters. The summed E-state index contributed by atoms with van der Waals surface area (Å²) in [5, 5.41) is 0. The number of carbonyl (C=O) groups excluding carboxylic acids is 1. The summed E-state index contributed by atoms with van der Waals surface area (Å²) in [6.07, 6.45) is 1.71. The van der Waals surface area contributed by atoms with Crippen LogP contribution in [-0.4, -0.2) is 11.9 Å². The topological polar surface area (TPSA) is 47.9 Å². The van der Waals surface area contributed by atoms with E-state index in [0.29, 0.717) is 12.5 Å². The number of halogens is 2. The molecule has 1 aliphatic heterocycles. The van der Waals surface area contributed by atoms with Crippen molar-refractivity contribution in [1.29, 1.82) is 0 Å². The molecule has 4 nitrogen and oxygen atoms in total. The number of benzene rings is 3. The van der Waals surface area contributed by atoms with Crippen LogP contribution in [0, 0.1) is 3.57 Å². The van der Waals surface area contributed by atoms with Crippen LogP contribution in [0.25, 0.3) is 6.08 Å². The summed E-state index contributed by atoms with van der Waals surface area (Å²) in [5.74, 6) is 0.618. The molecule has 0 saturated carbocycles. The first kappa shape index (κ1) is 19.8. The zero-order valence-corrected chi connectivity index (χ0v) is 18.9. The highest BCUT2D eigenvalue weighted by Crippen LogP contribution is 2.22. The molecule has 0 amide bonds. The highest BCUT2D eigenvalue weighted by Gasteiger charge is 2.24. The number of cyclic esters (lactones) is 1. The lowest BCUT2D eigenvalue weighted by Gasteiger charge is -2.07. The minimum Gasteiger partial charge on any atom is -0.489 e. The summed E-state index contributed by atoms with van der Waals surface area (Å²) in [5.41, 5.74) is 2.99. The molecule has 144 valence electrons. The second-order valence-corrected chi connectivity index (χ2v) is 8.49. The maximum absolute atomic E-state index is 12.1. The lowest BCUT2D eigenvalue weighted by atomic mass is 10.2. The van der Waals surface area contributed by atoms with E-state index in [2.05, 4.69) is 49.6 Å². The smallest absolute Gasteiger partial charge is 0.363 e. The molecule has 3 aromatic rings. The Morgan fingerprint density at radius 3 is 2.52 bits per heavy atom. The standard InChI is InChI=1S/C23H15BrINO3/c24-18-8-6-17(7-9-18)22-26-21(23(27)29-22)13-15-4-10-20(11-5-15)28-14-16-2-1-3-19(25)12-16/h1-13H,14H2/b21-13-. The second-order valence-electron chi connectivity index (χ2n) is 6.33. The van der Waals surface area contributed by atoms with Crippen LogP contribution in [0.4, 0.5) is 0 Å². The van der Waals surface area contributed by atoms with Crippen molar-refractivity contribution in [2.45, 2.75) is 6.61 Å². The quantitative estimate of drug-likeness (QED) is 0.219. The summed E-state index contributed by atoms with van der Waals surface area (Å²) in [4.78, 5) is 16.5. The highest BCUT2D eigenvalue weighted by atomic mass is 127. The Morgan fingerprint density at radius 1 is 1.03 bits per heavy atom. The molecular weight excluding hydrogens is 545 g/mol. The molecular formula is C23H15BrINO3. The van der Waals surface area contributed by atoms with Crippen molar-refractivity contribution in [2.24, 2.45) is 4.99 Å². The van der Waals surface area contributed by atoms with Crippen LogP contribution >= 0.6 is 38.5 Å². The van der Waals surface area contributed by atoms with Crippen LogP contribution < -0.4 is 4.74 Å². The molecule has 3 aromatic carbocycles. The van der Waals surface area contributed by atoms with Gasteiger partial charge in [-0.15, -0.1) is 0 Å². The molecule has 0 aromatic heterocycles. The average Bonchev–Trinajstić information content (AvgIpc) is 3.08. The first-order chi connectivity index (χ1) is 14.1. The normalized spacial score (nSPS) is 14.6. The van der Waals surface area contributed by atoms with Crippen molar-refractivity contribution in [3.8, 4) is 5.75 Å². The molecule has 29 heavy (non-hydrogen) atoms. The maximum atomic E-state index is 12.1. The van der Waals surface area contributed by atoms with Gasteiger partial charge in [-0.1, -0.05) is 40.2 Å². The van der Waals surface area contributed by atoms with E-state index < -0.39 is 5.97 Å². The fourth-order valence-corrected chi connectivity index (χ4v) is 3.61. The van der Waals surface area contributed by atoms with E-state index in [4.69, 9.17) is 9.47 Å². The minimum atomic E-state index is -0.457. The number of carbonyl (C=O) groups is 1. The second kappa shape index (κ2) is 8.92. The molecule has 0 spiro atoms. The summed E-state index contributed by atoms with van der Waals surface area (Å²) in [6, 6.07) is 23.2. The molecule has 0 bridgehead atoms. The molecule has 0 saturated heterocycles. The van der Waals surface area contributed by atoms with Crippen LogP contribution in [0.3, 0.4) is 0 Å². The number of ether oxygens (including phenoxy) is 2. The highest BCUT2D eigenvalue weighted by molar-refractivity contribution is 14.1. The van der Waals surface area contributed by atoms with Gasteiger partial charge in [0.15, 0.2) is 5.70 Å². The predicted molar refractivity (Wildman–Crippen MR) is 125 cm³/mol. The van der Waals surface area contributed by atoms with Crippen LogP contribution in [0.15, 0.2) is 88.0 Å². The van der Waals surface area contributed by atoms with Gasteiger partial charge in [-0.3, -0.25) is 0 Å². The van der Waals surface area contributed by atoms with Gasteiger partial charge in [-0.05, 0) is 88.3 Å². The molecule has 4 rings (SSSR count). The molecule has 0 aliphatic carbocycles. The number of rotatable bonds is 5. The number of aliphatic imine (C=N–C) groups is 1. The van der Waals surface area contributed by atoms with E-state index >= 15 is 0 Å². The van der Waals surface area contributed by atoms with Gasteiger partial charge in [0, 0.05) is 13.6 Å². The average molecular weight is 560 g/mol. The summed E-state index contributed by atoms with van der Waals surface area (Å²) < 4.78 is 13.3. The molecule has 0 N–H and O–H groups in total. The molecule has 0 atom stereocenters. The third-order valence-corrected chi connectivity index (χ3v) is 5.39. The Kier molecular flexibility index (Phi) is 6.10. The summed E-state index contributed by atoms with van der Waals surface area (Å²) in [7, 11) is 0. The molecule has 0 fully saturated rings. The van der Waals surface area contributed by atoms with Gasteiger partial charge in [-0.2, -0.15) is 0 Å².